The van der Waals surface area contributed by atoms with Gasteiger partial charge in [0.2, 0.25) is 0 Å². The average molecular weight is 372 g/mol. The van der Waals surface area contributed by atoms with Crippen molar-refractivity contribution in [1.82, 2.24) is 9.78 Å². The van der Waals surface area contributed by atoms with Gasteiger partial charge >= 0.3 is 0 Å². The van der Waals surface area contributed by atoms with Crippen molar-refractivity contribution in [3.63, 3.8) is 0 Å². The first kappa shape index (κ1) is 11.8. The molecule has 0 saturated heterocycles. The third-order valence-electron chi connectivity index (χ3n) is 4.28. The molecule has 2 aliphatic carbocycles. The summed E-state index contributed by atoms with van der Waals surface area (Å²) in [6.45, 7) is 0. The lowest BCUT2D eigenvalue weighted by molar-refractivity contribution is 0.566. The van der Waals surface area contributed by atoms with Gasteiger partial charge < -0.3 is 0 Å². The zero-order chi connectivity index (χ0) is 13.1. The van der Waals surface area contributed by atoms with Gasteiger partial charge in [-0.05, 0) is 59.9 Å². The van der Waals surface area contributed by atoms with Crippen molar-refractivity contribution in [2.24, 2.45) is 0 Å². The van der Waals surface area contributed by atoms with Gasteiger partial charge in [-0.1, -0.05) is 0 Å². The van der Waals surface area contributed by atoms with Gasteiger partial charge in [-0.2, -0.15) is 5.10 Å². The number of benzene rings is 1. The van der Waals surface area contributed by atoms with Gasteiger partial charge in [0, 0.05) is 17.5 Å². The Bertz CT molecular complexity index is 680. The van der Waals surface area contributed by atoms with Crippen LogP contribution in [0.15, 0.2) is 18.2 Å². The van der Waals surface area contributed by atoms with Gasteiger partial charge in [0.25, 0.3) is 0 Å². The molecule has 0 radical (unpaired) electrons. The summed E-state index contributed by atoms with van der Waals surface area (Å²) in [4.78, 5) is 0. The Morgan fingerprint density at radius 2 is 2.00 bits per heavy atom. The summed E-state index contributed by atoms with van der Waals surface area (Å²) in [7, 11) is 0. The summed E-state index contributed by atoms with van der Waals surface area (Å²) in [5.74, 6) is -0.0321. The Labute approximate surface area is 123 Å². The summed E-state index contributed by atoms with van der Waals surface area (Å²) in [5, 5.41) is 4.47. The molecule has 2 nitrogen and oxygen atoms in total. The molecule has 1 saturated carbocycles. The maximum absolute atomic E-state index is 14.0. The van der Waals surface area contributed by atoms with Crippen molar-refractivity contribution in [2.75, 3.05) is 0 Å². The van der Waals surface area contributed by atoms with E-state index in [9.17, 15) is 8.78 Å². The average Bonchev–Trinajstić information content (AvgIpc) is 3.02. The van der Waals surface area contributed by atoms with E-state index in [1.54, 1.807) is 4.68 Å². The number of halogens is 3. The molecule has 0 amide bonds. The van der Waals surface area contributed by atoms with Crippen LogP contribution >= 0.6 is 22.6 Å². The zero-order valence-corrected chi connectivity index (χ0v) is 12.2. The predicted molar refractivity (Wildman–Crippen MR) is 75.5 cm³/mol. The van der Waals surface area contributed by atoms with E-state index in [1.165, 1.54) is 24.1 Å². The van der Waals surface area contributed by atoms with Gasteiger partial charge in [0.05, 0.1) is 5.69 Å². The smallest absolute Gasteiger partial charge is 0.151 e. The van der Waals surface area contributed by atoms with Crippen LogP contribution in [0, 0.1) is 15.3 Å². The molecule has 2 atom stereocenters. The number of rotatable bonds is 1. The van der Waals surface area contributed by atoms with E-state index in [1.807, 2.05) is 0 Å². The van der Waals surface area contributed by atoms with Crippen molar-refractivity contribution in [1.29, 1.82) is 0 Å². The molecule has 5 heteroatoms. The third-order valence-corrected chi connectivity index (χ3v) is 5.08. The van der Waals surface area contributed by atoms with Crippen LogP contribution in [0.4, 0.5) is 8.78 Å². The van der Waals surface area contributed by atoms with E-state index < -0.39 is 11.6 Å². The minimum Gasteiger partial charge on any atom is -0.233 e. The van der Waals surface area contributed by atoms with Crippen LogP contribution in [0.25, 0.3) is 5.69 Å². The minimum atomic E-state index is -0.554. The van der Waals surface area contributed by atoms with Crippen LogP contribution in [0.5, 0.6) is 0 Å². The lowest BCUT2D eigenvalue weighted by Crippen LogP contribution is -2.07. The van der Waals surface area contributed by atoms with Crippen LogP contribution < -0.4 is 0 Å². The molecule has 0 aliphatic heterocycles. The van der Waals surface area contributed by atoms with Crippen molar-refractivity contribution in [3.05, 3.63) is 44.8 Å². The molecule has 0 unspecified atom stereocenters. The normalized spacial score (nSPS) is 23.9. The summed E-state index contributed by atoms with van der Waals surface area (Å²) in [6.07, 6.45) is 3.53. The predicted octanol–water partition coefficient (Wildman–Crippen LogP) is 4.12. The quantitative estimate of drug-likeness (QED) is 0.689. The number of hydrogen-bond donors (Lipinski definition) is 0. The molecular formula is C14H11F2IN2. The van der Waals surface area contributed by atoms with Crippen molar-refractivity contribution < 1.29 is 8.78 Å². The van der Waals surface area contributed by atoms with Gasteiger partial charge in [-0.25, -0.2) is 13.5 Å². The number of fused-ring (bicyclic) bond motifs is 5. The first-order chi connectivity index (χ1) is 9.15. The zero-order valence-electron chi connectivity index (χ0n) is 10.0. The maximum Gasteiger partial charge on any atom is 0.151 e. The maximum atomic E-state index is 14.0. The minimum absolute atomic E-state index is 0.355. The number of aromatic nitrogens is 2. The first-order valence-corrected chi connectivity index (χ1v) is 7.46. The summed E-state index contributed by atoms with van der Waals surface area (Å²) in [6, 6.07) is 3.68. The molecule has 98 valence electrons. The fourth-order valence-electron chi connectivity index (χ4n) is 3.51. The molecule has 0 spiro atoms. The van der Waals surface area contributed by atoms with E-state index >= 15 is 0 Å². The Kier molecular flexibility index (Phi) is 2.49. The lowest BCUT2D eigenvalue weighted by Gasteiger charge is -2.14. The molecule has 1 aromatic carbocycles. The highest BCUT2D eigenvalue weighted by Gasteiger charge is 2.42. The van der Waals surface area contributed by atoms with Crippen LogP contribution in [-0.2, 0) is 0 Å². The molecule has 4 rings (SSSR count). The second-order valence-electron chi connectivity index (χ2n) is 5.30. The van der Waals surface area contributed by atoms with Crippen LogP contribution in [0.2, 0.25) is 0 Å². The summed E-state index contributed by atoms with van der Waals surface area (Å²) >= 11 is 2.22. The molecule has 1 fully saturated rings. The van der Waals surface area contributed by atoms with Gasteiger partial charge in [0.1, 0.15) is 15.2 Å². The molecular weight excluding hydrogens is 361 g/mol. The van der Waals surface area contributed by atoms with Gasteiger partial charge in [-0.15, -0.1) is 0 Å². The molecule has 2 aromatic rings. The second-order valence-corrected chi connectivity index (χ2v) is 6.33. The van der Waals surface area contributed by atoms with Crippen LogP contribution in [-0.4, -0.2) is 9.78 Å². The van der Waals surface area contributed by atoms with E-state index in [2.05, 4.69) is 27.7 Å². The standard InChI is InChI=1S/C14H11F2IN2/c15-9-3-4-11(10(16)6-9)19-13-8-2-1-7(5-8)12(13)14(17)18-19/h3-4,6-8H,1-2,5H2/t7-,8+/m0/s1. The fraction of sp³-hybridized carbons (Fsp3) is 0.357. The third kappa shape index (κ3) is 1.60. The molecule has 19 heavy (non-hydrogen) atoms. The van der Waals surface area contributed by atoms with Crippen LogP contribution in [0.1, 0.15) is 42.4 Å². The lowest BCUT2D eigenvalue weighted by atomic mass is 9.98. The SMILES string of the molecule is Fc1ccc(-n2nc(I)c3c2[C@@H]2CC[C@H]3C2)c(F)c1. The topological polar surface area (TPSA) is 17.8 Å². The number of hydrogen-bond acceptors (Lipinski definition) is 1. The van der Waals surface area contributed by atoms with E-state index in [4.69, 9.17) is 0 Å². The Balaban J connectivity index is 1.94. The Hall–Kier alpha value is -0.980. The second kappa shape index (κ2) is 4.01. The monoisotopic (exact) mass is 372 g/mol. The van der Waals surface area contributed by atoms with E-state index in [0.717, 1.165) is 28.3 Å². The fourth-order valence-corrected chi connectivity index (χ4v) is 4.45. The van der Waals surface area contributed by atoms with E-state index in [0.29, 0.717) is 17.5 Å². The van der Waals surface area contributed by atoms with Crippen LogP contribution in [0.3, 0.4) is 0 Å². The van der Waals surface area contributed by atoms with Gasteiger partial charge in [-0.3, -0.25) is 0 Å². The highest BCUT2D eigenvalue weighted by molar-refractivity contribution is 14.1. The van der Waals surface area contributed by atoms with E-state index in [-0.39, 0.29) is 0 Å². The van der Waals surface area contributed by atoms with Crippen molar-refractivity contribution in [3.8, 4) is 5.69 Å². The molecule has 1 heterocycles. The van der Waals surface area contributed by atoms with Crippen molar-refractivity contribution in [2.45, 2.75) is 31.1 Å². The molecule has 2 bridgehead atoms. The first-order valence-electron chi connectivity index (χ1n) is 6.39. The Morgan fingerprint density at radius 3 is 2.79 bits per heavy atom. The summed E-state index contributed by atoms with van der Waals surface area (Å²) < 4.78 is 29.6. The van der Waals surface area contributed by atoms with Crippen molar-refractivity contribution >= 4 is 22.6 Å². The largest absolute Gasteiger partial charge is 0.233 e. The molecule has 2 aliphatic rings. The molecule has 0 N–H and O–H groups in total. The molecule has 1 aromatic heterocycles. The highest BCUT2D eigenvalue weighted by Crippen LogP contribution is 2.54. The Morgan fingerprint density at radius 1 is 1.21 bits per heavy atom. The highest BCUT2D eigenvalue weighted by atomic mass is 127. The summed E-state index contributed by atoms with van der Waals surface area (Å²) in [5.41, 5.74) is 2.79. The number of nitrogens with zero attached hydrogens (tertiary/aromatic N) is 2. The van der Waals surface area contributed by atoms with Gasteiger partial charge in [0.15, 0.2) is 5.82 Å².